The van der Waals surface area contributed by atoms with Crippen molar-refractivity contribution in [2.45, 2.75) is 52.2 Å². The number of amidine groups is 1. The summed E-state index contributed by atoms with van der Waals surface area (Å²) in [5.41, 5.74) is 4.57. The number of allylic oxidation sites excluding steroid dienone is 1. The van der Waals surface area contributed by atoms with Crippen molar-refractivity contribution in [2.75, 3.05) is 6.54 Å². The zero-order valence-corrected chi connectivity index (χ0v) is 13.4. The summed E-state index contributed by atoms with van der Waals surface area (Å²) in [7, 11) is 0. The highest BCUT2D eigenvalue weighted by atomic mass is 19.1. The molecule has 0 aromatic carbocycles. The van der Waals surface area contributed by atoms with E-state index in [4.69, 9.17) is 15.6 Å². The largest absolute Gasteiger partial charge is 0.479 e. The third kappa shape index (κ3) is 10.6. The quantitative estimate of drug-likeness (QED) is 0.377. The van der Waals surface area contributed by atoms with Crippen LogP contribution in [0.25, 0.3) is 0 Å². The van der Waals surface area contributed by atoms with Crippen LogP contribution in [-0.2, 0) is 9.53 Å². The van der Waals surface area contributed by atoms with E-state index in [1.54, 1.807) is 27.7 Å². The number of carboxylic acids is 1. The molecule has 0 aliphatic carbocycles. The normalized spacial score (nSPS) is 14.4. The number of rotatable bonds is 7. The minimum Gasteiger partial charge on any atom is -0.479 e. The minimum atomic E-state index is -1.49. The number of carboxylic acid groups (broad SMARTS) is 1. The van der Waals surface area contributed by atoms with Crippen molar-refractivity contribution >= 4 is 17.9 Å². The first-order chi connectivity index (χ1) is 10.0. The lowest BCUT2D eigenvalue weighted by molar-refractivity contribution is -0.138. The maximum absolute atomic E-state index is 13.7. The van der Waals surface area contributed by atoms with Gasteiger partial charge in [-0.15, -0.1) is 0 Å². The number of amides is 1. The van der Waals surface area contributed by atoms with Gasteiger partial charge in [-0.1, -0.05) is 0 Å². The predicted molar refractivity (Wildman–Crippen MR) is 81.4 cm³/mol. The number of nitrogens with zero attached hydrogens (tertiary/aromatic N) is 1. The number of hydrogen-bond donors (Lipinski definition) is 3. The third-order valence-electron chi connectivity index (χ3n) is 2.22. The molecule has 0 aliphatic rings. The molecule has 0 heterocycles. The molecule has 7 nitrogen and oxygen atoms in total. The van der Waals surface area contributed by atoms with Crippen molar-refractivity contribution < 1.29 is 23.8 Å². The van der Waals surface area contributed by atoms with E-state index in [1.165, 1.54) is 0 Å². The lowest BCUT2D eigenvalue weighted by Crippen LogP contribution is -2.42. The monoisotopic (exact) mass is 317 g/mol. The summed E-state index contributed by atoms with van der Waals surface area (Å²) >= 11 is 0. The summed E-state index contributed by atoms with van der Waals surface area (Å²) in [6.45, 7) is 6.88. The van der Waals surface area contributed by atoms with Crippen LogP contribution in [0.5, 0.6) is 0 Å². The van der Waals surface area contributed by atoms with Gasteiger partial charge in [0.25, 0.3) is 0 Å². The maximum atomic E-state index is 13.7. The molecule has 0 aromatic rings. The van der Waals surface area contributed by atoms with E-state index in [-0.39, 0.29) is 6.42 Å². The van der Waals surface area contributed by atoms with Gasteiger partial charge in [0.05, 0.1) is 11.7 Å². The van der Waals surface area contributed by atoms with Crippen molar-refractivity contribution in [1.82, 2.24) is 5.32 Å². The van der Waals surface area contributed by atoms with Gasteiger partial charge in [-0.3, -0.25) is 4.99 Å². The lowest BCUT2D eigenvalue weighted by Gasteiger charge is -2.21. The first-order valence-electron chi connectivity index (χ1n) is 6.86. The fourth-order valence-electron chi connectivity index (χ4n) is 1.38. The Balaban J connectivity index is 4.55. The molecule has 0 fully saturated rings. The Bertz CT molecular complexity index is 451. The van der Waals surface area contributed by atoms with E-state index in [1.807, 2.05) is 0 Å². The molecule has 0 aromatic heterocycles. The number of aliphatic imine (C=N–C) groups is 1. The third-order valence-corrected chi connectivity index (χ3v) is 2.22. The number of nitrogens with two attached hydrogens (primary N) is 1. The fourth-order valence-corrected chi connectivity index (χ4v) is 1.38. The molecule has 126 valence electrons. The summed E-state index contributed by atoms with van der Waals surface area (Å²) in [5.74, 6) is -1.62. The first-order valence-corrected chi connectivity index (χ1v) is 6.86. The van der Waals surface area contributed by atoms with E-state index >= 15 is 0 Å². The molecule has 0 bridgehead atoms. The van der Waals surface area contributed by atoms with E-state index in [9.17, 15) is 14.0 Å². The zero-order valence-electron chi connectivity index (χ0n) is 13.4. The molecule has 0 spiro atoms. The van der Waals surface area contributed by atoms with Crippen LogP contribution in [0, 0.1) is 0 Å². The summed E-state index contributed by atoms with van der Waals surface area (Å²) in [6, 6.07) is -1.49. The molecule has 0 aliphatic heterocycles. The number of aliphatic carboxylic acids is 1. The average Bonchev–Trinajstić information content (AvgIpc) is 2.31. The molecule has 1 atom stereocenters. The summed E-state index contributed by atoms with van der Waals surface area (Å²) < 4.78 is 18.6. The van der Waals surface area contributed by atoms with Crippen LogP contribution >= 0.6 is 0 Å². The SMILES string of the molecule is CC(N)=NCCC/C(F)=C/[C@H](NC(=O)OC(C)(C)C)C(=O)O. The van der Waals surface area contributed by atoms with Crippen LogP contribution in [0.15, 0.2) is 16.9 Å². The van der Waals surface area contributed by atoms with Crippen LogP contribution in [0.1, 0.15) is 40.5 Å². The molecule has 1 amide bonds. The molecule has 0 radical (unpaired) electrons. The lowest BCUT2D eigenvalue weighted by atomic mass is 10.2. The number of ether oxygens (including phenoxy) is 1. The number of nitrogens with one attached hydrogen (secondary N) is 1. The number of hydrogen-bond acceptors (Lipinski definition) is 4. The van der Waals surface area contributed by atoms with Crippen molar-refractivity contribution in [1.29, 1.82) is 0 Å². The van der Waals surface area contributed by atoms with Gasteiger partial charge < -0.3 is 20.9 Å². The van der Waals surface area contributed by atoms with Crippen LogP contribution in [0.3, 0.4) is 0 Å². The van der Waals surface area contributed by atoms with Gasteiger partial charge in [-0.25, -0.2) is 14.0 Å². The van der Waals surface area contributed by atoms with Crippen LogP contribution in [0.2, 0.25) is 0 Å². The summed E-state index contributed by atoms with van der Waals surface area (Å²) in [5, 5.41) is 11.1. The predicted octanol–water partition coefficient (Wildman–Crippen LogP) is 1.98. The smallest absolute Gasteiger partial charge is 0.408 e. The van der Waals surface area contributed by atoms with Gasteiger partial charge >= 0.3 is 12.1 Å². The van der Waals surface area contributed by atoms with Gasteiger partial charge in [0.1, 0.15) is 5.60 Å². The Hall–Kier alpha value is -2.12. The van der Waals surface area contributed by atoms with Gasteiger partial charge in [0.15, 0.2) is 6.04 Å². The maximum Gasteiger partial charge on any atom is 0.408 e. The Morgan fingerprint density at radius 3 is 2.50 bits per heavy atom. The molecule has 0 unspecified atom stereocenters. The molecular weight excluding hydrogens is 293 g/mol. The van der Waals surface area contributed by atoms with Gasteiger partial charge in [0.2, 0.25) is 0 Å². The Morgan fingerprint density at radius 2 is 2.05 bits per heavy atom. The average molecular weight is 317 g/mol. The van der Waals surface area contributed by atoms with Crippen LogP contribution < -0.4 is 11.1 Å². The Morgan fingerprint density at radius 1 is 1.45 bits per heavy atom. The van der Waals surface area contributed by atoms with E-state index < -0.39 is 29.5 Å². The topological polar surface area (TPSA) is 114 Å². The van der Waals surface area contributed by atoms with Crippen molar-refractivity contribution in [3.8, 4) is 0 Å². The Kier molecular flexibility index (Phi) is 8.14. The van der Waals surface area contributed by atoms with Gasteiger partial charge in [0, 0.05) is 13.0 Å². The number of carbonyl (C=O) groups is 2. The number of carbonyl (C=O) groups excluding carboxylic acids is 1. The van der Waals surface area contributed by atoms with E-state index in [0.29, 0.717) is 18.8 Å². The van der Waals surface area contributed by atoms with E-state index in [0.717, 1.165) is 6.08 Å². The highest BCUT2D eigenvalue weighted by Crippen LogP contribution is 2.10. The second-order valence-corrected chi connectivity index (χ2v) is 5.70. The summed E-state index contributed by atoms with van der Waals surface area (Å²) in [6.07, 6.45) is 0.310. The second-order valence-electron chi connectivity index (χ2n) is 5.70. The van der Waals surface area contributed by atoms with Crippen LogP contribution in [0.4, 0.5) is 9.18 Å². The molecular formula is C14H24FN3O4. The zero-order chi connectivity index (χ0) is 17.3. The van der Waals surface area contributed by atoms with Crippen molar-refractivity contribution in [2.24, 2.45) is 10.7 Å². The van der Waals surface area contributed by atoms with Gasteiger partial charge in [-0.05, 0) is 40.2 Å². The molecule has 0 rings (SSSR count). The molecule has 0 saturated carbocycles. The highest BCUT2D eigenvalue weighted by Gasteiger charge is 2.22. The standard InChI is InChI=1S/C14H24FN3O4/c1-9(16)17-7-5-6-10(15)8-11(12(19)20)18-13(21)22-14(2,3)4/h8,11H,5-7H2,1-4H3,(H2,16,17)(H,18,21)(H,19,20)/b10-8-/t11-/m0/s1. The first kappa shape index (κ1) is 19.9. The van der Waals surface area contributed by atoms with Crippen molar-refractivity contribution in [3.05, 3.63) is 11.9 Å². The molecule has 4 N–H and O–H groups in total. The van der Waals surface area contributed by atoms with E-state index in [2.05, 4.69) is 10.3 Å². The molecule has 8 heteroatoms. The van der Waals surface area contributed by atoms with Gasteiger partial charge in [-0.2, -0.15) is 0 Å². The molecule has 22 heavy (non-hydrogen) atoms. The highest BCUT2D eigenvalue weighted by molar-refractivity contribution is 5.82. The van der Waals surface area contributed by atoms with Crippen molar-refractivity contribution in [3.63, 3.8) is 0 Å². The molecule has 0 saturated heterocycles. The Labute approximate surface area is 129 Å². The second kappa shape index (κ2) is 9.01. The summed E-state index contributed by atoms with van der Waals surface area (Å²) in [4.78, 5) is 26.4. The minimum absolute atomic E-state index is 0.0105. The number of alkyl carbamates (subject to hydrolysis) is 1. The fraction of sp³-hybridized carbons (Fsp3) is 0.643. The number of halogens is 1. The van der Waals surface area contributed by atoms with Crippen LogP contribution in [-0.4, -0.2) is 41.2 Å².